The second-order valence-electron chi connectivity index (χ2n) is 4.02. The summed E-state index contributed by atoms with van der Waals surface area (Å²) < 4.78 is 0. The molecule has 0 aliphatic heterocycles. The van der Waals surface area contributed by atoms with E-state index in [0.717, 1.165) is 5.56 Å². The minimum atomic E-state index is -0.205. The van der Waals surface area contributed by atoms with Crippen molar-refractivity contribution in [2.24, 2.45) is 0 Å². The van der Waals surface area contributed by atoms with Crippen LogP contribution < -0.4 is 5.32 Å². The second kappa shape index (κ2) is 4.46. The summed E-state index contributed by atoms with van der Waals surface area (Å²) in [5, 5.41) is 12.1. The highest BCUT2D eigenvalue weighted by Crippen LogP contribution is 2.26. The van der Waals surface area contributed by atoms with Crippen molar-refractivity contribution in [3.05, 3.63) is 33.9 Å². The number of rotatable bonds is 2. The third-order valence-corrected chi connectivity index (χ3v) is 3.13. The molecule has 0 saturated heterocycles. The van der Waals surface area contributed by atoms with Crippen LogP contribution in [0.15, 0.2) is 6.07 Å². The molecule has 1 rings (SSSR count). The predicted molar refractivity (Wildman–Crippen MR) is 62.8 cm³/mol. The van der Waals surface area contributed by atoms with Crippen LogP contribution in [0.3, 0.4) is 0 Å². The number of nitrogens with one attached hydrogen (secondary N) is 1. The van der Waals surface area contributed by atoms with Gasteiger partial charge >= 0.3 is 0 Å². The summed E-state index contributed by atoms with van der Waals surface area (Å²) in [6.45, 7) is 8.35. The maximum absolute atomic E-state index is 9.10. The van der Waals surface area contributed by atoms with E-state index in [-0.39, 0.29) is 6.04 Å². The monoisotopic (exact) mass is 202 g/mol. The Balaban J connectivity index is 3.46. The molecule has 0 aromatic heterocycles. The first-order chi connectivity index (χ1) is 7.02. The van der Waals surface area contributed by atoms with Crippen LogP contribution in [0.4, 0.5) is 0 Å². The molecule has 0 bridgehead atoms. The van der Waals surface area contributed by atoms with Gasteiger partial charge in [-0.25, -0.2) is 0 Å². The van der Waals surface area contributed by atoms with Crippen molar-refractivity contribution < 1.29 is 0 Å². The predicted octanol–water partition coefficient (Wildman–Crippen LogP) is 2.70. The molecule has 0 fully saturated rings. The molecule has 2 heteroatoms. The van der Waals surface area contributed by atoms with Gasteiger partial charge in [-0.2, -0.15) is 5.26 Å². The van der Waals surface area contributed by atoms with Crippen LogP contribution in [-0.4, -0.2) is 7.05 Å². The van der Waals surface area contributed by atoms with Gasteiger partial charge in [-0.1, -0.05) is 6.07 Å². The van der Waals surface area contributed by atoms with Gasteiger partial charge in [0.1, 0.15) is 6.04 Å². The standard InChI is InChI=1S/C13H18N2/c1-8-6-9(2)11(4)13(10(8)3)12(7-14)15-5/h6,12,15H,1-5H3. The number of benzene rings is 1. The lowest BCUT2D eigenvalue weighted by molar-refractivity contribution is 0.715. The Bertz CT molecular complexity index is 387. The lowest BCUT2D eigenvalue weighted by Gasteiger charge is -2.18. The third kappa shape index (κ3) is 2.03. The second-order valence-corrected chi connectivity index (χ2v) is 4.02. The van der Waals surface area contributed by atoms with E-state index in [2.05, 4.69) is 45.1 Å². The molecule has 1 atom stereocenters. The van der Waals surface area contributed by atoms with Crippen LogP contribution in [0, 0.1) is 39.0 Å². The zero-order chi connectivity index (χ0) is 11.6. The summed E-state index contributed by atoms with van der Waals surface area (Å²) in [6, 6.07) is 4.27. The molecule has 0 aliphatic carbocycles. The van der Waals surface area contributed by atoms with E-state index >= 15 is 0 Å². The smallest absolute Gasteiger partial charge is 0.121 e. The van der Waals surface area contributed by atoms with Crippen molar-refractivity contribution in [3.8, 4) is 6.07 Å². The fourth-order valence-corrected chi connectivity index (χ4v) is 1.95. The Hall–Kier alpha value is -1.33. The Morgan fingerprint density at radius 1 is 1.13 bits per heavy atom. The van der Waals surface area contributed by atoms with Gasteiger partial charge in [-0.05, 0) is 62.6 Å². The Labute approximate surface area is 91.9 Å². The van der Waals surface area contributed by atoms with Gasteiger partial charge in [0.15, 0.2) is 0 Å². The summed E-state index contributed by atoms with van der Waals surface area (Å²) >= 11 is 0. The molecule has 1 aromatic carbocycles. The maximum atomic E-state index is 9.10. The lowest BCUT2D eigenvalue weighted by atomic mass is 9.90. The quantitative estimate of drug-likeness (QED) is 0.800. The normalized spacial score (nSPS) is 12.3. The van der Waals surface area contributed by atoms with Crippen molar-refractivity contribution in [1.29, 1.82) is 5.26 Å². The SMILES string of the molecule is CNC(C#N)c1c(C)c(C)cc(C)c1C. The largest absolute Gasteiger partial charge is 0.301 e. The molecular weight excluding hydrogens is 184 g/mol. The molecule has 1 N–H and O–H groups in total. The molecule has 0 heterocycles. The Kier molecular flexibility index (Phi) is 3.49. The van der Waals surface area contributed by atoms with Crippen molar-refractivity contribution >= 4 is 0 Å². The van der Waals surface area contributed by atoms with E-state index < -0.39 is 0 Å². The molecule has 1 unspecified atom stereocenters. The average molecular weight is 202 g/mol. The summed E-state index contributed by atoms with van der Waals surface area (Å²) in [5.74, 6) is 0. The van der Waals surface area contributed by atoms with Gasteiger partial charge in [-0.15, -0.1) is 0 Å². The molecule has 2 nitrogen and oxygen atoms in total. The first-order valence-corrected chi connectivity index (χ1v) is 5.17. The van der Waals surface area contributed by atoms with Crippen LogP contribution in [0.25, 0.3) is 0 Å². The van der Waals surface area contributed by atoms with E-state index in [4.69, 9.17) is 5.26 Å². The van der Waals surface area contributed by atoms with Crippen LogP contribution in [0.5, 0.6) is 0 Å². The average Bonchev–Trinajstić information content (AvgIpc) is 2.21. The molecule has 80 valence electrons. The summed E-state index contributed by atoms with van der Waals surface area (Å²) in [4.78, 5) is 0. The van der Waals surface area contributed by atoms with E-state index in [1.807, 2.05) is 7.05 Å². The molecule has 0 saturated carbocycles. The Morgan fingerprint density at radius 3 is 1.93 bits per heavy atom. The van der Waals surface area contributed by atoms with Crippen LogP contribution >= 0.6 is 0 Å². The molecule has 1 aromatic rings. The van der Waals surface area contributed by atoms with Gasteiger partial charge in [0, 0.05) is 0 Å². The summed E-state index contributed by atoms with van der Waals surface area (Å²) in [6.07, 6.45) is 0. The van der Waals surface area contributed by atoms with Crippen LogP contribution in [-0.2, 0) is 0 Å². The topological polar surface area (TPSA) is 35.8 Å². The van der Waals surface area contributed by atoms with Crippen molar-refractivity contribution in [2.45, 2.75) is 33.7 Å². The van der Waals surface area contributed by atoms with E-state index in [0.29, 0.717) is 0 Å². The number of nitrogens with zero attached hydrogens (tertiary/aromatic N) is 1. The molecule has 0 aliphatic rings. The fraction of sp³-hybridized carbons (Fsp3) is 0.462. The minimum Gasteiger partial charge on any atom is -0.301 e. The summed E-state index contributed by atoms with van der Waals surface area (Å²) in [7, 11) is 1.82. The van der Waals surface area contributed by atoms with Gasteiger partial charge in [0.2, 0.25) is 0 Å². The molecule has 0 radical (unpaired) electrons. The van der Waals surface area contributed by atoms with E-state index in [1.54, 1.807) is 0 Å². The number of hydrogen-bond acceptors (Lipinski definition) is 2. The number of nitriles is 1. The Morgan fingerprint density at radius 2 is 1.60 bits per heavy atom. The van der Waals surface area contributed by atoms with E-state index in [1.165, 1.54) is 22.3 Å². The summed E-state index contributed by atoms with van der Waals surface area (Å²) in [5.41, 5.74) is 6.09. The first-order valence-electron chi connectivity index (χ1n) is 5.17. The molecule has 0 amide bonds. The molecule has 15 heavy (non-hydrogen) atoms. The third-order valence-electron chi connectivity index (χ3n) is 3.13. The van der Waals surface area contributed by atoms with Crippen LogP contribution in [0.1, 0.15) is 33.9 Å². The first kappa shape index (κ1) is 11.7. The highest BCUT2D eigenvalue weighted by Gasteiger charge is 2.16. The number of aryl methyl sites for hydroxylation is 2. The zero-order valence-electron chi connectivity index (χ0n) is 10.1. The minimum absolute atomic E-state index is 0.205. The highest BCUT2D eigenvalue weighted by atomic mass is 14.9. The van der Waals surface area contributed by atoms with Gasteiger partial charge in [0.05, 0.1) is 6.07 Å². The van der Waals surface area contributed by atoms with Gasteiger partial charge in [-0.3, -0.25) is 0 Å². The number of hydrogen-bond donors (Lipinski definition) is 1. The zero-order valence-corrected chi connectivity index (χ0v) is 10.1. The fourth-order valence-electron chi connectivity index (χ4n) is 1.95. The maximum Gasteiger partial charge on any atom is 0.121 e. The van der Waals surface area contributed by atoms with Crippen molar-refractivity contribution in [2.75, 3.05) is 7.05 Å². The van der Waals surface area contributed by atoms with Crippen LogP contribution in [0.2, 0.25) is 0 Å². The lowest BCUT2D eigenvalue weighted by Crippen LogP contribution is -2.17. The van der Waals surface area contributed by atoms with Gasteiger partial charge in [0.25, 0.3) is 0 Å². The van der Waals surface area contributed by atoms with Crippen molar-refractivity contribution in [1.82, 2.24) is 5.32 Å². The molecular formula is C13H18N2. The van der Waals surface area contributed by atoms with E-state index in [9.17, 15) is 0 Å². The van der Waals surface area contributed by atoms with Crippen molar-refractivity contribution in [3.63, 3.8) is 0 Å². The molecule has 0 spiro atoms. The van der Waals surface area contributed by atoms with Gasteiger partial charge < -0.3 is 5.32 Å². The highest BCUT2D eigenvalue weighted by molar-refractivity contribution is 5.47.